The maximum absolute atomic E-state index is 8.00. The Morgan fingerprint density at radius 2 is 1.67 bits per heavy atom. The molecule has 2 N–H and O–H groups in total. The molecular formula is C31H56N4O4. The van der Waals surface area contributed by atoms with Gasteiger partial charge in [-0.05, 0) is 89.6 Å². The molecule has 0 fully saturated rings. The lowest BCUT2D eigenvalue weighted by Gasteiger charge is -2.36. The quantitative estimate of drug-likeness (QED) is 0.251. The van der Waals surface area contributed by atoms with E-state index < -0.39 is 0 Å². The normalized spacial score (nSPS) is 10.9. The molecule has 0 aliphatic rings. The van der Waals surface area contributed by atoms with Crippen LogP contribution < -0.4 is 15.0 Å². The maximum atomic E-state index is 8.00. The molecule has 0 spiro atoms. The molecule has 39 heavy (non-hydrogen) atoms. The predicted molar refractivity (Wildman–Crippen MR) is 168 cm³/mol. The summed E-state index contributed by atoms with van der Waals surface area (Å²) in [5, 5.41) is 10.6. The van der Waals surface area contributed by atoms with Crippen molar-refractivity contribution in [1.82, 2.24) is 15.2 Å². The third-order valence-corrected chi connectivity index (χ3v) is 5.74. The summed E-state index contributed by atoms with van der Waals surface area (Å²) in [5.41, 5.74) is 3.51. The highest BCUT2D eigenvalue weighted by atomic mass is 16.5. The molecular weight excluding hydrogens is 492 g/mol. The fourth-order valence-corrected chi connectivity index (χ4v) is 3.72. The van der Waals surface area contributed by atoms with Crippen LogP contribution in [0.25, 0.3) is 0 Å². The third-order valence-electron chi connectivity index (χ3n) is 5.74. The van der Waals surface area contributed by atoms with Crippen LogP contribution in [0.15, 0.2) is 55.3 Å². The van der Waals surface area contributed by atoms with Gasteiger partial charge in [0.25, 0.3) is 0 Å². The molecule has 224 valence electrons. The summed E-state index contributed by atoms with van der Waals surface area (Å²) in [7, 11) is 5.21. The highest BCUT2D eigenvalue weighted by Gasteiger charge is 2.23. The largest absolute Gasteiger partial charge is 0.494 e. The van der Waals surface area contributed by atoms with Gasteiger partial charge in [0.05, 0.1) is 6.61 Å². The molecule has 2 rings (SSSR count). The molecule has 1 unspecified atom stereocenters. The minimum atomic E-state index is 0. The number of hydrogen-bond acceptors (Lipinski definition) is 8. The van der Waals surface area contributed by atoms with E-state index in [0.29, 0.717) is 18.6 Å². The van der Waals surface area contributed by atoms with Crippen LogP contribution in [0, 0.1) is 12.8 Å². The number of carbonyl (C=O) groups excluding carboxylic acids is 2. The first-order valence-corrected chi connectivity index (χ1v) is 13.4. The molecule has 0 radical (unpaired) electrons. The second-order valence-electron chi connectivity index (χ2n) is 8.28. The Bertz CT molecular complexity index is 823. The van der Waals surface area contributed by atoms with Gasteiger partial charge in [-0.15, -0.1) is 6.58 Å². The zero-order chi connectivity index (χ0) is 30.6. The summed E-state index contributed by atoms with van der Waals surface area (Å²) in [6.07, 6.45) is 5.02. The van der Waals surface area contributed by atoms with E-state index in [-0.39, 0.29) is 1.43 Å². The van der Waals surface area contributed by atoms with Crippen molar-refractivity contribution in [2.75, 3.05) is 52.3 Å². The molecule has 2 atom stereocenters. The SMILES string of the molecule is C=C[C@H](CCNCCN(C)C)C(C)N(Cc1cccnc1C)c1ccc(OCC)cc1.C=O.C=O.CC.CO.[HH]. The van der Waals surface area contributed by atoms with Crippen LogP contribution in [0.1, 0.15) is 46.8 Å². The zero-order valence-corrected chi connectivity index (χ0v) is 25.7. The zero-order valence-electron chi connectivity index (χ0n) is 25.7. The molecule has 0 aliphatic carbocycles. The number of nitrogens with one attached hydrogen (secondary N) is 1. The number of pyridine rings is 1. The first-order chi connectivity index (χ1) is 19.0. The Morgan fingerprint density at radius 1 is 1.08 bits per heavy atom. The number of nitrogens with zero attached hydrogens (tertiary/aromatic N) is 3. The lowest BCUT2D eigenvalue weighted by Crippen LogP contribution is -2.39. The van der Waals surface area contributed by atoms with E-state index in [9.17, 15) is 0 Å². The number of anilines is 1. The van der Waals surface area contributed by atoms with Gasteiger partial charge in [-0.2, -0.15) is 0 Å². The number of benzene rings is 1. The number of carbonyl (C=O) groups is 2. The first-order valence-electron chi connectivity index (χ1n) is 13.4. The highest BCUT2D eigenvalue weighted by molar-refractivity contribution is 5.51. The van der Waals surface area contributed by atoms with E-state index in [4.69, 9.17) is 19.4 Å². The summed E-state index contributed by atoms with van der Waals surface area (Å²) in [6, 6.07) is 12.9. The number of aryl methyl sites for hydroxylation is 1. The Labute approximate surface area is 239 Å². The van der Waals surface area contributed by atoms with Crippen LogP contribution in [0.5, 0.6) is 5.75 Å². The maximum Gasteiger partial charge on any atom is 0.119 e. The molecule has 8 heteroatoms. The average molecular weight is 549 g/mol. The van der Waals surface area contributed by atoms with E-state index in [1.165, 1.54) is 11.3 Å². The van der Waals surface area contributed by atoms with Gasteiger partial charge in [-0.3, -0.25) is 4.98 Å². The molecule has 0 saturated carbocycles. The second-order valence-corrected chi connectivity index (χ2v) is 8.28. The number of likely N-dealkylation sites (N-methyl/N-ethyl adjacent to an activating group) is 1. The lowest BCUT2D eigenvalue weighted by molar-refractivity contribution is -0.0987. The van der Waals surface area contributed by atoms with Crippen LogP contribution in [0.3, 0.4) is 0 Å². The monoisotopic (exact) mass is 548 g/mol. The smallest absolute Gasteiger partial charge is 0.119 e. The van der Waals surface area contributed by atoms with Gasteiger partial charge in [0.1, 0.15) is 19.3 Å². The molecule has 1 aromatic heterocycles. The highest BCUT2D eigenvalue weighted by Crippen LogP contribution is 2.28. The number of aromatic nitrogens is 1. The van der Waals surface area contributed by atoms with Gasteiger partial charge in [-0.1, -0.05) is 26.0 Å². The minimum Gasteiger partial charge on any atom is -0.494 e. The Hall–Kier alpha value is -3.07. The van der Waals surface area contributed by atoms with E-state index in [1.54, 1.807) is 0 Å². The summed E-state index contributed by atoms with van der Waals surface area (Å²) in [5.74, 6) is 1.28. The second kappa shape index (κ2) is 28.0. The summed E-state index contributed by atoms with van der Waals surface area (Å²) < 4.78 is 5.64. The molecule has 1 heterocycles. The summed E-state index contributed by atoms with van der Waals surface area (Å²) in [6.45, 7) is 23.1. The molecule has 0 bridgehead atoms. The Kier molecular flexibility index (Phi) is 29.0. The molecule has 0 saturated heterocycles. The van der Waals surface area contributed by atoms with E-state index >= 15 is 0 Å². The fraction of sp³-hybridized carbons (Fsp3) is 0.516. The van der Waals surface area contributed by atoms with Crippen LogP contribution in [0.4, 0.5) is 5.69 Å². The predicted octanol–water partition coefficient (Wildman–Crippen LogP) is 5.04. The number of rotatable bonds is 14. The van der Waals surface area contributed by atoms with Crippen LogP contribution in [-0.2, 0) is 16.1 Å². The molecule has 1 aromatic carbocycles. The van der Waals surface area contributed by atoms with E-state index in [1.807, 2.05) is 46.6 Å². The van der Waals surface area contributed by atoms with Gasteiger partial charge < -0.3 is 34.5 Å². The van der Waals surface area contributed by atoms with Crippen LogP contribution in [-0.4, -0.2) is 82.1 Å². The van der Waals surface area contributed by atoms with E-state index in [2.05, 4.69) is 91.0 Å². The van der Waals surface area contributed by atoms with Crippen molar-refractivity contribution in [1.29, 1.82) is 0 Å². The minimum absolute atomic E-state index is 0. The van der Waals surface area contributed by atoms with Crippen LogP contribution in [0.2, 0.25) is 0 Å². The fourth-order valence-electron chi connectivity index (χ4n) is 3.72. The van der Waals surface area contributed by atoms with Crippen molar-refractivity contribution in [3.63, 3.8) is 0 Å². The van der Waals surface area contributed by atoms with Gasteiger partial charge >= 0.3 is 0 Å². The van der Waals surface area contributed by atoms with Gasteiger partial charge in [-0.25, -0.2) is 0 Å². The third kappa shape index (κ3) is 17.2. The standard InChI is InChI=1S/C26H40N4O.C2H6.CH4O.2CH2O.H2/c1-7-23(15-17-27-18-19-29(5)6)22(4)30(20-24-10-9-16-28-21(24)3)25-11-13-26(14-12-25)31-8-2;4*1-2;/h7,9-14,16,22-23,27H,1,8,15,17-20H2,2-6H3;1-2H3;2H,1H3;2*1H2;1H/t22?,23-;;;;;/m1...../s1. The summed E-state index contributed by atoms with van der Waals surface area (Å²) >= 11 is 0. The van der Waals surface area contributed by atoms with Gasteiger partial charge in [0.15, 0.2) is 0 Å². The number of ether oxygens (including phenoxy) is 1. The van der Waals surface area contributed by atoms with E-state index in [0.717, 1.165) is 51.2 Å². The number of aliphatic hydroxyl groups is 1. The van der Waals surface area contributed by atoms with Crippen LogP contribution >= 0.6 is 0 Å². The van der Waals surface area contributed by atoms with Gasteiger partial charge in [0, 0.05) is 51.8 Å². The first kappa shape index (κ1) is 40.4. The average Bonchev–Trinajstić information content (AvgIpc) is 2.99. The lowest BCUT2D eigenvalue weighted by atomic mass is 9.94. The Balaban J connectivity index is -0.000000659. The molecule has 0 amide bonds. The van der Waals surface area contributed by atoms with Gasteiger partial charge in [0.2, 0.25) is 0 Å². The Morgan fingerprint density at radius 3 is 2.15 bits per heavy atom. The topological polar surface area (TPSA) is 95.0 Å². The summed E-state index contributed by atoms with van der Waals surface area (Å²) in [4.78, 5) is 25.2. The van der Waals surface area contributed by atoms with Crippen molar-refractivity contribution < 1.29 is 20.9 Å². The molecule has 2 aromatic rings. The van der Waals surface area contributed by atoms with Crippen molar-refractivity contribution >= 4 is 19.3 Å². The van der Waals surface area contributed by atoms with Crippen molar-refractivity contribution in [3.05, 3.63) is 66.5 Å². The van der Waals surface area contributed by atoms with Crippen molar-refractivity contribution in [2.24, 2.45) is 5.92 Å². The molecule has 8 nitrogen and oxygen atoms in total. The van der Waals surface area contributed by atoms with Crippen molar-refractivity contribution in [2.45, 2.75) is 53.6 Å². The number of hydrogen-bond donors (Lipinski definition) is 2. The molecule has 0 aliphatic heterocycles. The number of aliphatic hydroxyl groups excluding tert-OH is 1. The van der Waals surface area contributed by atoms with Crippen molar-refractivity contribution in [3.8, 4) is 5.75 Å².